The number of hydrogen-bond donors (Lipinski definition) is 0. The second-order valence-electron chi connectivity index (χ2n) is 7.37. The first-order valence-corrected chi connectivity index (χ1v) is 10.6. The predicted octanol–water partition coefficient (Wildman–Crippen LogP) is 5.01. The van der Waals surface area contributed by atoms with E-state index in [9.17, 15) is 0 Å². The number of nitrogens with zero attached hydrogens (tertiary/aromatic N) is 5. The molecule has 1 saturated carbocycles. The molecule has 29 heavy (non-hydrogen) atoms. The molecule has 148 valence electrons. The Balaban J connectivity index is 1.46. The van der Waals surface area contributed by atoms with Crippen LogP contribution in [-0.2, 0) is 6.54 Å². The van der Waals surface area contributed by atoms with Crippen LogP contribution in [0, 0.1) is 6.92 Å². The first-order valence-electron chi connectivity index (χ1n) is 9.70. The van der Waals surface area contributed by atoms with Crippen LogP contribution in [0.25, 0.3) is 11.4 Å². The van der Waals surface area contributed by atoms with Gasteiger partial charge in [-0.05, 0) is 44.9 Å². The van der Waals surface area contributed by atoms with Crippen molar-refractivity contribution in [1.29, 1.82) is 0 Å². The first-order chi connectivity index (χ1) is 14.2. The molecule has 3 aromatic heterocycles. The Morgan fingerprint density at radius 1 is 1.21 bits per heavy atom. The maximum Gasteiger partial charge on any atom is 0.239 e. The van der Waals surface area contributed by atoms with Crippen LogP contribution in [0.1, 0.15) is 54.0 Å². The third-order valence-corrected chi connectivity index (χ3v) is 5.99. The zero-order chi connectivity index (χ0) is 19.8. The lowest BCUT2D eigenvalue weighted by atomic mass is 10.1. The molecule has 8 heteroatoms. The maximum absolute atomic E-state index is 5.58. The molecule has 5 rings (SSSR count). The van der Waals surface area contributed by atoms with Gasteiger partial charge in [0.05, 0.1) is 18.1 Å². The number of hydrogen-bond acceptors (Lipinski definition) is 7. The summed E-state index contributed by atoms with van der Waals surface area (Å²) in [6, 6.07) is 12.1. The van der Waals surface area contributed by atoms with Crippen LogP contribution in [0.5, 0.6) is 0 Å². The van der Waals surface area contributed by atoms with Gasteiger partial charge in [0.2, 0.25) is 5.89 Å². The molecule has 0 N–H and O–H groups in total. The Morgan fingerprint density at radius 2 is 2.10 bits per heavy atom. The minimum atomic E-state index is -0.0279. The Labute approximate surface area is 172 Å². The zero-order valence-electron chi connectivity index (χ0n) is 16.3. The Kier molecular flexibility index (Phi) is 4.71. The lowest BCUT2D eigenvalue weighted by Gasteiger charge is -2.11. The monoisotopic (exact) mass is 407 g/mol. The van der Waals surface area contributed by atoms with E-state index >= 15 is 0 Å². The fourth-order valence-electron chi connectivity index (χ4n) is 3.20. The molecule has 1 unspecified atom stereocenters. The quantitative estimate of drug-likeness (QED) is 0.398. The fraction of sp³-hybridized carbons (Fsp3) is 0.333. The molecule has 1 atom stereocenters. The smallest absolute Gasteiger partial charge is 0.239 e. The number of thioether (sulfide) groups is 1. The van der Waals surface area contributed by atoms with Gasteiger partial charge in [0.1, 0.15) is 5.76 Å². The van der Waals surface area contributed by atoms with Gasteiger partial charge >= 0.3 is 0 Å². The van der Waals surface area contributed by atoms with E-state index in [4.69, 9.17) is 8.94 Å². The van der Waals surface area contributed by atoms with Crippen LogP contribution in [0.2, 0.25) is 0 Å². The SMILES string of the molecule is Cc1cccc(-c2nnc(SC(C)c3nc(C4CC4)no3)n2Cc2ccco2)c1. The number of aryl methyl sites for hydroxylation is 1. The van der Waals surface area contributed by atoms with Crippen molar-refractivity contribution < 1.29 is 8.94 Å². The van der Waals surface area contributed by atoms with Gasteiger partial charge in [-0.1, -0.05) is 40.7 Å². The Hall–Kier alpha value is -2.87. The van der Waals surface area contributed by atoms with Crippen LogP contribution in [0.3, 0.4) is 0 Å². The van der Waals surface area contributed by atoms with Gasteiger partial charge < -0.3 is 8.94 Å². The minimum Gasteiger partial charge on any atom is -0.467 e. The molecule has 7 nitrogen and oxygen atoms in total. The van der Waals surface area contributed by atoms with Gasteiger partial charge in [0.15, 0.2) is 16.8 Å². The topological polar surface area (TPSA) is 82.8 Å². The molecule has 1 aliphatic carbocycles. The van der Waals surface area contributed by atoms with E-state index in [1.165, 1.54) is 5.56 Å². The van der Waals surface area contributed by atoms with Crippen LogP contribution >= 0.6 is 11.8 Å². The number of furan rings is 1. The number of aromatic nitrogens is 5. The third-order valence-electron chi connectivity index (χ3n) is 4.92. The lowest BCUT2D eigenvalue weighted by Crippen LogP contribution is -2.04. The highest BCUT2D eigenvalue weighted by atomic mass is 32.2. The van der Waals surface area contributed by atoms with Crippen molar-refractivity contribution >= 4 is 11.8 Å². The summed E-state index contributed by atoms with van der Waals surface area (Å²) in [5.74, 6) is 3.58. The molecule has 4 aromatic rings. The van der Waals surface area contributed by atoms with Crippen molar-refractivity contribution in [2.24, 2.45) is 0 Å². The van der Waals surface area contributed by atoms with E-state index in [0.29, 0.717) is 18.4 Å². The van der Waals surface area contributed by atoms with E-state index < -0.39 is 0 Å². The van der Waals surface area contributed by atoms with Crippen LogP contribution in [0.15, 0.2) is 56.8 Å². The molecular formula is C21H21N5O2S. The van der Waals surface area contributed by atoms with Crippen molar-refractivity contribution in [3.63, 3.8) is 0 Å². The van der Waals surface area contributed by atoms with Crippen molar-refractivity contribution in [2.75, 3.05) is 0 Å². The third kappa shape index (κ3) is 3.85. The molecule has 0 spiro atoms. The van der Waals surface area contributed by atoms with E-state index in [0.717, 1.165) is 41.0 Å². The summed E-state index contributed by atoms with van der Waals surface area (Å²) >= 11 is 1.56. The number of rotatable bonds is 7. The minimum absolute atomic E-state index is 0.0279. The molecule has 3 heterocycles. The van der Waals surface area contributed by atoms with Gasteiger partial charge in [-0.25, -0.2) is 0 Å². The molecule has 0 bridgehead atoms. The summed E-state index contributed by atoms with van der Waals surface area (Å²) in [5, 5.41) is 13.8. The molecule has 0 amide bonds. The summed E-state index contributed by atoms with van der Waals surface area (Å²) in [5.41, 5.74) is 2.20. The molecular weight excluding hydrogens is 386 g/mol. The summed E-state index contributed by atoms with van der Waals surface area (Å²) in [6.45, 7) is 4.67. The van der Waals surface area contributed by atoms with Gasteiger partial charge in [-0.3, -0.25) is 4.57 Å². The molecule has 1 aliphatic rings. The van der Waals surface area contributed by atoms with Crippen molar-refractivity contribution in [2.45, 2.75) is 49.6 Å². The van der Waals surface area contributed by atoms with E-state index in [1.54, 1.807) is 18.0 Å². The van der Waals surface area contributed by atoms with Gasteiger partial charge in [-0.2, -0.15) is 4.98 Å². The number of benzene rings is 1. The van der Waals surface area contributed by atoms with Crippen LogP contribution in [0.4, 0.5) is 0 Å². The summed E-state index contributed by atoms with van der Waals surface area (Å²) in [4.78, 5) is 4.58. The first kappa shape index (κ1) is 18.2. The largest absolute Gasteiger partial charge is 0.467 e. The molecule has 1 fully saturated rings. The highest BCUT2D eigenvalue weighted by Gasteiger charge is 2.30. The van der Waals surface area contributed by atoms with Gasteiger partial charge in [0, 0.05) is 11.5 Å². The van der Waals surface area contributed by atoms with E-state index in [-0.39, 0.29) is 5.25 Å². The van der Waals surface area contributed by atoms with Crippen LogP contribution < -0.4 is 0 Å². The van der Waals surface area contributed by atoms with Crippen molar-refractivity contribution in [3.05, 3.63) is 65.7 Å². The van der Waals surface area contributed by atoms with Crippen LogP contribution in [-0.4, -0.2) is 24.9 Å². The second kappa shape index (κ2) is 7.51. The normalized spacial score (nSPS) is 15.0. The molecule has 0 aliphatic heterocycles. The van der Waals surface area contributed by atoms with Crippen molar-refractivity contribution in [1.82, 2.24) is 24.9 Å². The summed E-state index contributed by atoms with van der Waals surface area (Å²) in [7, 11) is 0. The van der Waals surface area contributed by atoms with Crippen molar-refractivity contribution in [3.8, 4) is 11.4 Å². The highest BCUT2D eigenvalue weighted by molar-refractivity contribution is 7.99. The summed E-state index contributed by atoms with van der Waals surface area (Å²) < 4.78 is 13.1. The molecule has 0 radical (unpaired) electrons. The van der Waals surface area contributed by atoms with Gasteiger partial charge in [-0.15, -0.1) is 10.2 Å². The Morgan fingerprint density at radius 3 is 2.86 bits per heavy atom. The predicted molar refractivity (Wildman–Crippen MR) is 109 cm³/mol. The molecule has 1 aromatic carbocycles. The van der Waals surface area contributed by atoms with E-state index in [1.807, 2.05) is 31.2 Å². The average molecular weight is 407 g/mol. The van der Waals surface area contributed by atoms with Gasteiger partial charge in [0.25, 0.3) is 0 Å². The standard InChI is InChI=1S/C21H21N5O2S/c1-13-5-3-6-16(11-13)19-23-24-21(26(19)12-17-7-4-10-27-17)29-14(2)20-22-18(25-28-20)15-8-9-15/h3-7,10-11,14-15H,8-9,12H2,1-2H3. The average Bonchev–Trinajstić information content (AvgIpc) is 3.11. The second-order valence-corrected chi connectivity index (χ2v) is 8.67. The fourth-order valence-corrected chi connectivity index (χ4v) is 4.08. The highest BCUT2D eigenvalue weighted by Crippen LogP contribution is 2.40. The van der Waals surface area contributed by atoms with E-state index in [2.05, 4.69) is 44.0 Å². The molecule has 0 saturated heterocycles. The Bertz CT molecular complexity index is 1110. The summed E-state index contributed by atoms with van der Waals surface area (Å²) in [6.07, 6.45) is 3.98. The maximum atomic E-state index is 5.58. The lowest BCUT2D eigenvalue weighted by molar-refractivity contribution is 0.374. The zero-order valence-corrected chi connectivity index (χ0v) is 17.1.